The Morgan fingerprint density at radius 1 is 1.62 bits per heavy atom. The molecule has 0 aromatic rings. The van der Waals surface area contributed by atoms with Crippen molar-refractivity contribution in [2.45, 2.75) is 44.2 Å². The normalized spacial score (nSPS) is 21.1. The van der Waals surface area contributed by atoms with Gasteiger partial charge in [0.05, 0.1) is 18.2 Å². The minimum atomic E-state index is -0.110. The lowest BCUT2D eigenvalue weighted by atomic mass is 9.92. The summed E-state index contributed by atoms with van der Waals surface area (Å²) >= 11 is 0. The first-order valence-electron chi connectivity index (χ1n) is 6.15. The first kappa shape index (κ1) is 13.5. The van der Waals surface area contributed by atoms with Crippen molar-refractivity contribution in [2.75, 3.05) is 20.3 Å². The van der Waals surface area contributed by atoms with Crippen molar-refractivity contribution in [3.8, 4) is 12.3 Å². The topological polar surface area (TPSA) is 47.3 Å². The number of ether oxygens (including phenoxy) is 1. The molecule has 3 N–H and O–H groups in total. The number of methoxy groups -OCH3 is 1. The largest absolute Gasteiger partial charge is 0.383 e. The molecule has 16 heavy (non-hydrogen) atoms. The van der Waals surface area contributed by atoms with Crippen LogP contribution in [0.3, 0.4) is 0 Å². The van der Waals surface area contributed by atoms with Crippen LogP contribution in [-0.2, 0) is 4.74 Å². The molecular weight excluding hydrogens is 200 g/mol. The molecule has 0 bridgehead atoms. The van der Waals surface area contributed by atoms with Crippen molar-refractivity contribution in [3.63, 3.8) is 0 Å². The maximum absolute atomic E-state index is 5.92. The minimum absolute atomic E-state index is 0.110. The third kappa shape index (κ3) is 3.21. The average molecular weight is 224 g/mol. The molecule has 0 aromatic heterocycles. The lowest BCUT2D eigenvalue weighted by Gasteiger charge is -2.36. The number of nitrogens with two attached hydrogens (primary N) is 1. The number of hydrogen-bond donors (Lipinski definition) is 2. The third-order valence-electron chi connectivity index (χ3n) is 3.37. The molecule has 0 aromatic carbocycles. The SMILES string of the molecule is C#CC(CCC)NC(CN)(COC)C1CC1. The Hall–Kier alpha value is -0.560. The van der Waals surface area contributed by atoms with Gasteiger partial charge in [-0.15, -0.1) is 6.42 Å². The van der Waals surface area contributed by atoms with E-state index in [0.29, 0.717) is 19.1 Å². The van der Waals surface area contributed by atoms with Gasteiger partial charge in [-0.05, 0) is 25.2 Å². The van der Waals surface area contributed by atoms with Crippen molar-refractivity contribution in [2.24, 2.45) is 11.7 Å². The molecule has 2 atom stereocenters. The molecule has 3 heteroatoms. The summed E-state index contributed by atoms with van der Waals surface area (Å²) in [4.78, 5) is 0. The van der Waals surface area contributed by atoms with Crippen molar-refractivity contribution in [1.82, 2.24) is 5.32 Å². The molecule has 1 rings (SSSR count). The monoisotopic (exact) mass is 224 g/mol. The Morgan fingerprint density at radius 3 is 2.69 bits per heavy atom. The van der Waals surface area contributed by atoms with Crippen LogP contribution in [0.25, 0.3) is 0 Å². The van der Waals surface area contributed by atoms with Crippen LogP contribution in [0.2, 0.25) is 0 Å². The van der Waals surface area contributed by atoms with Crippen molar-refractivity contribution in [1.29, 1.82) is 0 Å². The highest BCUT2D eigenvalue weighted by molar-refractivity contribution is 5.09. The Labute approximate surface area is 99.1 Å². The van der Waals surface area contributed by atoms with Crippen LogP contribution >= 0.6 is 0 Å². The first-order chi connectivity index (χ1) is 7.72. The van der Waals surface area contributed by atoms with E-state index in [1.54, 1.807) is 7.11 Å². The number of terminal acetylenes is 1. The lowest BCUT2D eigenvalue weighted by Crippen LogP contribution is -2.59. The van der Waals surface area contributed by atoms with Crippen LogP contribution < -0.4 is 11.1 Å². The summed E-state index contributed by atoms with van der Waals surface area (Å²) in [6.07, 6.45) is 10.1. The van der Waals surface area contributed by atoms with E-state index in [1.165, 1.54) is 12.8 Å². The van der Waals surface area contributed by atoms with Crippen LogP contribution in [0.4, 0.5) is 0 Å². The fourth-order valence-corrected chi connectivity index (χ4v) is 2.29. The fraction of sp³-hybridized carbons (Fsp3) is 0.846. The van der Waals surface area contributed by atoms with Gasteiger partial charge in [0.2, 0.25) is 0 Å². The summed E-state index contributed by atoms with van der Waals surface area (Å²) in [5.41, 5.74) is 5.81. The summed E-state index contributed by atoms with van der Waals surface area (Å²) in [7, 11) is 1.72. The highest BCUT2D eigenvalue weighted by atomic mass is 16.5. The Balaban J connectivity index is 2.64. The quantitative estimate of drug-likeness (QED) is 0.608. The molecular formula is C13H24N2O. The molecule has 1 aliphatic carbocycles. The summed E-state index contributed by atoms with van der Waals surface area (Å²) in [5.74, 6) is 3.44. The molecule has 2 unspecified atom stereocenters. The number of nitrogens with one attached hydrogen (secondary N) is 1. The van der Waals surface area contributed by atoms with Crippen molar-refractivity contribution >= 4 is 0 Å². The molecule has 0 heterocycles. The zero-order chi connectivity index (χ0) is 12.0. The molecule has 3 nitrogen and oxygen atoms in total. The summed E-state index contributed by atoms with van der Waals surface area (Å²) in [6, 6.07) is 0.115. The van der Waals surface area contributed by atoms with E-state index in [2.05, 4.69) is 18.2 Å². The van der Waals surface area contributed by atoms with E-state index in [9.17, 15) is 0 Å². The van der Waals surface area contributed by atoms with Crippen molar-refractivity contribution < 1.29 is 4.74 Å². The summed E-state index contributed by atoms with van der Waals surface area (Å²) < 4.78 is 5.31. The second kappa shape index (κ2) is 6.24. The van der Waals surface area contributed by atoms with Gasteiger partial charge in [0.25, 0.3) is 0 Å². The highest BCUT2D eigenvalue weighted by Crippen LogP contribution is 2.39. The molecule has 0 spiro atoms. The Morgan fingerprint density at radius 2 is 2.31 bits per heavy atom. The van der Waals surface area contributed by atoms with Gasteiger partial charge in [0, 0.05) is 13.7 Å². The second-order valence-electron chi connectivity index (χ2n) is 4.72. The Bertz CT molecular complexity index is 245. The molecule has 0 aliphatic heterocycles. The van der Waals surface area contributed by atoms with Gasteiger partial charge >= 0.3 is 0 Å². The molecule has 1 aliphatic rings. The van der Waals surface area contributed by atoms with Gasteiger partial charge in [-0.1, -0.05) is 19.3 Å². The summed E-state index contributed by atoms with van der Waals surface area (Å²) in [5, 5.41) is 3.54. The van der Waals surface area contributed by atoms with Gasteiger partial charge in [0.15, 0.2) is 0 Å². The van der Waals surface area contributed by atoms with E-state index in [4.69, 9.17) is 16.9 Å². The highest BCUT2D eigenvalue weighted by Gasteiger charge is 2.45. The van der Waals surface area contributed by atoms with E-state index in [-0.39, 0.29) is 11.6 Å². The number of hydrogen-bond acceptors (Lipinski definition) is 3. The van der Waals surface area contributed by atoms with Gasteiger partial charge in [0.1, 0.15) is 0 Å². The predicted octanol–water partition coefficient (Wildman–Crippen LogP) is 1.13. The number of rotatable bonds is 8. The standard InChI is InChI=1S/C13H24N2O/c1-4-6-12(5-2)15-13(9-14,10-16-3)11-7-8-11/h2,11-12,15H,4,6-10,14H2,1,3H3. The maximum Gasteiger partial charge on any atom is 0.0692 e. The van der Waals surface area contributed by atoms with E-state index in [0.717, 1.165) is 12.8 Å². The van der Waals surface area contributed by atoms with E-state index >= 15 is 0 Å². The van der Waals surface area contributed by atoms with Crippen LogP contribution in [0.5, 0.6) is 0 Å². The molecule has 1 fully saturated rings. The van der Waals surface area contributed by atoms with Gasteiger partial charge in [-0.25, -0.2) is 0 Å². The summed E-state index contributed by atoms with van der Waals surface area (Å²) in [6.45, 7) is 3.38. The van der Waals surface area contributed by atoms with Gasteiger partial charge in [-0.3, -0.25) is 5.32 Å². The molecule has 0 radical (unpaired) electrons. The zero-order valence-electron chi connectivity index (χ0n) is 10.5. The zero-order valence-corrected chi connectivity index (χ0v) is 10.5. The molecule has 92 valence electrons. The maximum atomic E-state index is 5.92. The van der Waals surface area contributed by atoms with Crippen molar-refractivity contribution in [3.05, 3.63) is 0 Å². The third-order valence-corrected chi connectivity index (χ3v) is 3.37. The molecule has 0 amide bonds. The second-order valence-corrected chi connectivity index (χ2v) is 4.72. The average Bonchev–Trinajstić information content (AvgIpc) is 3.11. The van der Waals surface area contributed by atoms with Crippen LogP contribution in [-0.4, -0.2) is 31.8 Å². The van der Waals surface area contributed by atoms with Gasteiger partial charge in [-0.2, -0.15) is 0 Å². The van der Waals surface area contributed by atoms with E-state index < -0.39 is 0 Å². The molecule has 1 saturated carbocycles. The van der Waals surface area contributed by atoms with E-state index in [1.807, 2.05) is 0 Å². The smallest absolute Gasteiger partial charge is 0.0692 e. The first-order valence-corrected chi connectivity index (χ1v) is 6.15. The molecule has 0 saturated heterocycles. The lowest BCUT2D eigenvalue weighted by molar-refractivity contribution is 0.0936. The van der Waals surface area contributed by atoms with Crippen LogP contribution in [0, 0.1) is 18.3 Å². The fourth-order valence-electron chi connectivity index (χ4n) is 2.29. The van der Waals surface area contributed by atoms with Gasteiger partial charge < -0.3 is 10.5 Å². The van der Waals surface area contributed by atoms with Crippen LogP contribution in [0.15, 0.2) is 0 Å². The minimum Gasteiger partial charge on any atom is -0.383 e. The predicted molar refractivity (Wildman–Crippen MR) is 67.1 cm³/mol. The Kier molecular flexibility index (Phi) is 5.27. The van der Waals surface area contributed by atoms with Crippen LogP contribution in [0.1, 0.15) is 32.6 Å².